The molecule has 1 aromatic rings. The van der Waals surface area contributed by atoms with Crippen LogP contribution >= 0.6 is 0 Å². The van der Waals surface area contributed by atoms with Crippen LogP contribution in [0.1, 0.15) is 55.9 Å². The summed E-state index contributed by atoms with van der Waals surface area (Å²) in [5.41, 5.74) is 3.92. The lowest BCUT2D eigenvalue weighted by Crippen LogP contribution is -2.02. The Balaban J connectivity index is 2.28. The summed E-state index contributed by atoms with van der Waals surface area (Å²) in [5.74, 6) is 0.681. The van der Waals surface area contributed by atoms with E-state index in [0.717, 1.165) is 25.7 Å². The van der Waals surface area contributed by atoms with Crippen LogP contribution in [0.15, 0.2) is 18.2 Å². The molecule has 88 valence electrons. The van der Waals surface area contributed by atoms with Crippen molar-refractivity contribution < 1.29 is 5.11 Å². The van der Waals surface area contributed by atoms with Gasteiger partial charge >= 0.3 is 0 Å². The Kier molecular flexibility index (Phi) is 3.65. The van der Waals surface area contributed by atoms with Gasteiger partial charge in [0.25, 0.3) is 0 Å². The molecule has 1 aliphatic carbocycles. The average Bonchev–Trinajstić information content (AvgIpc) is 2.41. The van der Waals surface area contributed by atoms with E-state index in [-0.39, 0.29) is 6.10 Å². The van der Waals surface area contributed by atoms with Crippen LogP contribution in [0.2, 0.25) is 0 Å². The molecule has 0 unspecified atom stereocenters. The van der Waals surface area contributed by atoms with Gasteiger partial charge in [-0.2, -0.15) is 0 Å². The number of hydrogen-bond donors (Lipinski definition) is 1. The standard InChI is InChI=1S/C15H22O/c1-11(2)9-12-7-8-13-5-3-4-6-15(16)14(13)10-12/h7-8,10-11,15-16H,3-6,9H2,1-2H3/t15-/m0/s1. The third-order valence-corrected chi connectivity index (χ3v) is 3.39. The molecule has 0 fully saturated rings. The highest BCUT2D eigenvalue weighted by molar-refractivity contribution is 5.34. The molecule has 0 bridgehead atoms. The first kappa shape index (κ1) is 11.7. The predicted octanol–water partition coefficient (Wildman–Crippen LogP) is 3.64. The number of hydrogen-bond acceptors (Lipinski definition) is 1. The van der Waals surface area contributed by atoms with E-state index in [1.54, 1.807) is 0 Å². The Hall–Kier alpha value is -0.820. The summed E-state index contributed by atoms with van der Waals surface area (Å²) in [7, 11) is 0. The number of aliphatic hydroxyl groups is 1. The summed E-state index contributed by atoms with van der Waals surface area (Å²) in [6.45, 7) is 4.48. The third kappa shape index (κ3) is 2.65. The van der Waals surface area contributed by atoms with Crippen LogP contribution in [0.25, 0.3) is 0 Å². The molecule has 1 aliphatic rings. The lowest BCUT2D eigenvalue weighted by atomic mass is 9.94. The van der Waals surface area contributed by atoms with Gasteiger partial charge in [0.1, 0.15) is 0 Å². The molecule has 0 saturated carbocycles. The average molecular weight is 218 g/mol. The lowest BCUT2D eigenvalue weighted by molar-refractivity contribution is 0.166. The van der Waals surface area contributed by atoms with E-state index in [1.165, 1.54) is 23.1 Å². The normalized spacial score (nSPS) is 20.6. The van der Waals surface area contributed by atoms with E-state index in [2.05, 4.69) is 32.0 Å². The Labute approximate surface area is 98.5 Å². The van der Waals surface area contributed by atoms with E-state index >= 15 is 0 Å². The molecule has 0 aromatic heterocycles. The highest BCUT2D eigenvalue weighted by Gasteiger charge is 2.16. The molecule has 16 heavy (non-hydrogen) atoms. The molecule has 0 radical (unpaired) electrons. The van der Waals surface area contributed by atoms with Crippen LogP contribution in [0.5, 0.6) is 0 Å². The minimum absolute atomic E-state index is 0.232. The van der Waals surface area contributed by atoms with Crippen molar-refractivity contribution in [3.63, 3.8) is 0 Å². The largest absolute Gasteiger partial charge is 0.388 e. The third-order valence-electron chi connectivity index (χ3n) is 3.39. The van der Waals surface area contributed by atoms with Gasteiger partial charge in [-0.05, 0) is 48.3 Å². The Morgan fingerprint density at radius 2 is 2.12 bits per heavy atom. The molecule has 0 amide bonds. The maximum absolute atomic E-state index is 10.1. The fraction of sp³-hybridized carbons (Fsp3) is 0.600. The zero-order chi connectivity index (χ0) is 11.5. The van der Waals surface area contributed by atoms with Gasteiger partial charge in [0, 0.05) is 0 Å². The first-order valence-corrected chi connectivity index (χ1v) is 6.46. The van der Waals surface area contributed by atoms with Crippen LogP contribution in [0.3, 0.4) is 0 Å². The minimum atomic E-state index is -0.232. The van der Waals surface area contributed by atoms with Crippen molar-refractivity contribution in [1.29, 1.82) is 0 Å². The molecule has 0 spiro atoms. The highest BCUT2D eigenvalue weighted by Crippen LogP contribution is 2.29. The van der Waals surface area contributed by atoms with Gasteiger partial charge in [-0.15, -0.1) is 0 Å². The molecule has 0 aliphatic heterocycles. The molecule has 0 heterocycles. The van der Waals surface area contributed by atoms with Crippen molar-refractivity contribution >= 4 is 0 Å². The summed E-state index contributed by atoms with van der Waals surface area (Å²) in [4.78, 5) is 0. The number of aryl methyl sites for hydroxylation is 1. The molecule has 1 heteroatoms. The summed E-state index contributed by atoms with van der Waals surface area (Å²) in [6.07, 6.45) is 5.31. The summed E-state index contributed by atoms with van der Waals surface area (Å²) in [6, 6.07) is 6.68. The Morgan fingerprint density at radius 3 is 2.88 bits per heavy atom. The van der Waals surface area contributed by atoms with Crippen molar-refractivity contribution in [3.8, 4) is 0 Å². The molecule has 0 saturated heterocycles. The zero-order valence-electron chi connectivity index (χ0n) is 10.4. The number of aliphatic hydroxyl groups excluding tert-OH is 1. The van der Waals surface area contributed by atoms with Gasteiger partial charge in [0.15, 0.2) is 0 Å². The molecular formula is C15H22O. The Bertz CT molecular complexity index is 354. The second-order valence-electron chi connectivity index (χ2n) is 5.39. The molecule has 1 aromatic carbocycles. The van der Waals surface area contributed by atoms with E-state index in [9.17, 15) is 5.11 Å². The zero-order valence-corrected chi connectivity index (χ0v) is 10.4. The van der Waals surface area contributed by atoms with Crippen LogP contribution in [-0.4, -0.2) is 5.11 Å². The summed E-state index contributed by atoms with van der Waals surface area (Å²) < 4.78 is 0. The smallest absolute Gasteiger partial charge is 0.0792 e. The van der Waals surface area contributed by atoms with Crippen molar-refractivity contribution in [2.24, 2.45) is 5.92 Å². The van der Waals surface area contributed by atoms with Crippen LogP contribution in [0, 0.1) is 5.92 Å². The fourth-order valence-corrected chi connectivity index (χ4v) is 2.59. The van der Waals surface area contributed by atoms with Crippen molar-refractivity contribution in [3.05, 3.63) is 34.9 Å². The van der Waals surface area contributed by atoms with E-state index in [4.69, 9.17) is 0 Å². The summed E-state index contributed by atoms with van der Waals surface area (Å²) in [5, 5.41) is 10.1. The van der Waals surface area contributed by atoms with Crippen molar-refractivity contribution in [1.82, 2.24) is 0 Å². The first-order chi connectivity index (χ1) is 7.66. The van der Waals surface area contributed by atoms with Crippen molar-refractivity contribution in [2.75, 3.05) is 0 Å². The first-order valence-electron chi connectivity index (χ1n) is 6.46. The quantitative estimate of drug-likeness (QED) is 0.751. The second kappa shape index (κ2) is 5.01. The monoisotopic (exact) mass is 218 g/mol. The van der Waals surface area contributed by atoms with Gasteiger partial charge < -0.3 is 5.11 Å². The van der Waals surface area contributed by atoms with E-state index < -0.39 is 0 Å². The van der Waals surface area contributed by atoms with Gasteiger partial charge in [0.2, 0.25) is 0 Å². The molecule has 1 N–H and O–H groups in total. The van der Waals surface area contributed by atoms with E-state index in [0.29, 0.717) is 5.92 Å². The lowest BCUT2D eigenvalue weighted by Gasteiger charge is -2.14. The number of benzene rings is 1. The predicted molar refractivity (Wildman–Crippen MR) is 67.5 cm³/mol. The van der Waals surface area contributed by atoms with Gasteiger partial charge in [0.05, 0.1) is 6.10 Å². The van der Waals surface area contributed by atoms with Crippen LogP contribution in [-0.2, 0) is 12.8 Å². The fourth-order valence-electron chi connectivity index (χ4n) is 2.59. The molecule has 1 nitrogen and oxygen atoms in total. The maximum atomic E-state index is 10.1. The molecule has 2 rings (SSSR count). The second-order valence-corrected chi connectivity index (χ2v) is 5.39. The van der Waals surface area contributed by atoms with Gasteiger partial charge in [-0.1, -0.05) is 38.5 Å². The number of rotatable bonds is 2. The van der Waals surface area contributed by atoms with Crippen LogP contribution < -0.4 is 0 Å². The van der Waals surface area contributed by atoms with Gasteiger partial charge in [-0.25, -0.2) is 0 Å². The minimum Gasteiger partial charge on any atom is -0.388 e. The Morgan fingerprint density at radius 1 is 1.31 bits per heavy atom. The SMILES string of the molecule is CC(C)Cc1ccc2c(c1)[C@@H](O)CCCC2. The maximum Gasteiger partial charge on any atom is 0.0792 e. The van der Waals surface area contributed by atoms with Crippen LogP contribution in [0.4, 0.5) is 0 Å². The topological polar surface area (TPSA) is 20.2 Å². The van der Waals surface area contributed by atoms with E-state index in [1.807, 2.05) is 0 Å². The molecule has 1 atom stereocenters. The molecular weight excluding hydrogens is 196 g/mol. The van der Waals surface area contributed by atoms with Crippen molar-refractivity contribution in [2.45, 2.75) is 52.1 Å². The van der Waals surface area contributed by atoms with Gasteiger partial charge in [-0.3, -0.25) is 0 Å². The summed E-state index contributed by atoms with van der Waals surface area (Å²) >= 11 is 0. The number of fused-ring (bicyclic) bond motifs is 1. The highest BCUT2D eigenvalue weighted by atomic mass is 16.3.